The molecule has 1 rings (SSSR count). The predicted molar refractivity (Wildman–Crippen MR) is 75.0 cm³/mol. The molecule has 0 heterocycles. The normalized spacial score (nSPS) is 13.7. The highest BCUT2D eigenvalue weighted by Gasteiger charge is 2.18. The van der Waals surface area contributed by atoms with E-state index in [0.29, 0.717) is 13.0 Å². The van der Waals surface area contributed by atoms with E-state index in [4.69, 9.17) is 5.73 Å². The van der Waals surface area contributed by atoms with Crippen molar-refractivity contribution in [3.8, 4) is 0 Å². The van der Waals surface area contributed by atoms with Crippen molar-refractivity contribution in [2.24, 2.45) is 11.7 Å². The number of nitrogens with zero attached hydrogens (tertiary/aromatic N) is 1. The molecule has 2 N–H and O–H groups in total. The van der Waals surface area contributed by atoms with Gasteiger partial charge in [0.2, 0.25) is 5.91 Å². The van der Waals surface area contributed by atoms with Gasteiger partial charge >= 0.3 is 0 Å². The topological polar surface area (TPSA) is 46.3 Å². The van der Waals surface area contributed by atoms with Gasteiger partial charge in [0.1, 0.15) is 0 Å². The van der Waals surface area contributed by atoms with Crippen LogP contribution < -0.4 is 5.73 Å². The van der Waals surface area contributed by atoms with E-state index in [9.17, 15) is 4.79 Å². The molecule has 0 aliphatic carbocycles. The molecule has 98 valence electrons. The van der Waals surface area contributed by atoms with Crippen molar-refractivity contribution in [1.82, 2.24) is 4.90 Å². The van der Waals surface area contributed by atoms with Crippen LogP contribution in [-0.4, -0.2) is 24.4 Å². The van der Waals surface area contributed by atoms with Gasteiger partial charge < -0.3 is 10.6 Å². The number of nitrogens with two attached hydrogens (primary N) is 1. The molecule has 0 unspecified atom stereocenters. The Bertz CT molecular complexity index is 389. The molecule has 0 saturated heterocycles. The predicted octanol–water partition coefficient (Wildman–Crippen LogP) is 2.36. The third kappa shape index (κ3) is 4.00. The summed E-state index contributed by atoms with van der Waals surface area (Å²) in [6, 6.07) is 9.69. The van der Waals surface area contributed by atoms with Gasteiger partial charge in [-0.1, -0.05) is 43.3 Å². The van der Waals surface area contributed by atoms with Crippen molar-refractivity contribution in [3.63, 3.8) is 0 Å². The quantitative estimate of drug-likeness (QED) is 0.783. The van der Waals surface area contributed by atoms with Gasteiger partial charge in [0.05, 0.1) is 0 Å². The Labute approximate surface area is 109 Å². The lowest BCUT2D eigenvalue weighted by Crippen LogP contribution is -2.37. The fraction of sp³-hybridized carbons (Fsp3) is 0.400. The van der Waals surface area contributed by atoms with Gasteiger partial charge in [-0.15, -0.1) is 6.58 Å². The lowest BCUT2D eigenvalue weighted by Gasteiger charge is -2.24. The molecule has 18 heavy (non-hydrogen) atoms. The Balaban J connectivity index is 2.56. The number of likely N-dealkylation sites (N-methyl/N-ethyl adjacent to an activating group) is 1. The van der Waals surface area contributed by atoms with Crippen LogP contribution in [0.15, 0.2) is 43.0 Å². The van der Waals surface area contributed by atoms with Crippen molar-refractivity contribution >= 4 is 5.91 Å². The Hall–Kier alpha value is -1.61. The van der Waals surface area contributed by atoms with Gasteiger partial charge in [0, 0.05) is 25.6 Å². The zero-order chi connectivity index (χ0) is 13.5. The Morgan fingerprint density at radius 1 is 1.44 bits per heavy atom. The summed E-state index contributed by atoms with van der Waals surface area (Å²) < 4.78 is 0. The maximum atomic E-state index is 12.0. The molecule has 0 radical (unpaired) electrons. The van der Waals surface area contributed by atoms with Crippen molar-refractivity contribution in [2.75, 3.05) is 13.6 Å². The van der Waals surface area contributed by atoms with Gasteiger partial charge in [-0.25, -0.2) is 0 Å². The van der Waals surface area contributed by atoms with Crippen molar-refractivity contribution < 1.29 is 4.79 Å². The summed E-state index contributed by atoms with van der Waals surface area (Å²) >= 11 is 0. The van der Waals surface area contributed by atoms with Gasteiger partial charge in [0.15, 0.2) is 0 Å². The van der Waals surface area contributed by atoms with Crippen LogP contribution in [0.1, 0.15) is 24.9 Å². The number of benzene rings is 1. The van der Waals surface area contributed by atoms with Crippen LogP contribution in [0.5, 0.6) is 0 Å². The zero-order valence-electron chi connectivity index (χ0n) is 11.2. The summed E-state index contributed by atoms with van der Waals surface area (Å²) in [5, 5.41) is 0. The number of carbonyl (C=O) groups is 1. The molecular formula is C15H22N2O. The maximum Gasteiger partial charge on any atom is 0.225 e. The second-order valence-electron chi connectivity index (χ2n) is 4.66. The first-order chi connectivity index (χ1) is 8.56. The number of hydrogen-bond acceptors (Lipinski definition) is 2. The fourth-order valence-corrected chi connectivity index (χ4v) is 1.92. The third-order valence-corrected chi connectivity index (χ3v) is 3.02. The highest BCUT2D eigenvalue weighted by Crippen LogP contribution is 2.13. The van der Waals surface area contributed by atoms with Crippen LogP contribution >= 0.6 is 0 Å². The molecule has 1 aromatic rings. The van der Waals surface area contributed by atoms with Crippen molar-refractivity contribution in [2.45, 2.75) is 19.4 Å². The maximum absolute atomic E-state index is 12.0. The van der Waals surface area contributed by atoms with Crippen molar-refractivity contribution in [3.05, 3.63) is 48.6 Å². The van der Waals surface area contributed by atoms with E-state index in [1.807, 2.05) is 37.3 Å². The average molecular weight is 246 g/mol. The van der Waals surface area contributed by atoms with E-state index in [1.165, 1.54) is 0 Å². The van der Waals surface area contributed by atoms with E-state index in [0.717, 1.165) is 5.56 Å². The summed E-state index contributed by atoms with van der Waals surface area (Å²) in [5.74, 6) is 0.0803. The second-order valence-corrected chi connectivity index (χ2v) is 4.66. The summed E-state index contributed by atoms with van der Waals surface area (Å²) in [6.07, 6.45) is 2.47. The Kier molecular flexibility index (Phi) is 5.59. The molecule has 0 saturated carbocycles. The highest BCUT2D eigenvalue weighted by atomic mass is 16.2. The van der Waals surface area contributed by atoms with Gasteiger partial charge in [0.25, 0.3) is 0 Å². The number of rotatable bonds is 6. The molecule has 2 atom stereocenters. The molecule has 3 nitrogen and oxygen atoms in total. The molecular weight excluding hydrogens is 224 g/mol. The van der Waals surface area contributed by atoms with Crippen LogP contribution in [0.25, 0.3) is 0 Å². The van der Waals surface area contributed by atoms with Crippen LogP contribution in [0, 0.1) is 5.92 Å². The minimum atomic E-state index is -0.143. The highest BCUT2D eigenvalue weighted by molar-refractivity contribution is 5.78. The van der Waals surface area contributed by atoms with E-state index >= 15 is 0 Å². The van der Waals surface area contributed by atoms with Crippen molar-refractivity contribution in [1.29, 1.82) is 0 Å². The van der Waals surface area contributed by atoms with Gasteiger partial charge in [-0.05, 0) is 12.0 Å². The summed E-state index contributed by atoms with van der Waals surface area (Å²) in [7, 11) is 1.80. The zero-order valence-corrected chi connectivity index (χ0v) is 11.2. The second kappa shape index (κ2) is 6.97. The fourth-order valence-electron chi connectivity index (χ4n) is 1.92. The van der Waals surface area contributed by atoms with Crippen LogP contribution in [0.2, 0.25) is 0 Å². The smallest absolute Gasteiger partial charge is 0.225 e. The molecule has 0 fully saturated rings. The third-order valence-electron chi connectivity index (χ3n) is 3.02. The van der Waals surface area contributed by atoms with E-state index < -0.39 is 0 Å². The minimum Gasteiger partial charge on any atom is -0.344 e. The Morgan fingerprint density at radius 3 is 2.61 bits per heavy atom. The van der Waals surface area contributed by atoms with Gasteiger partial charge in [-0.3, -0.25) is 4.79 Å². The number of amides is 1. The summed E-state index contributed by atoms with van der Waals surface area (Å²) in [4.78, 5) is 13.7. The molecule has 0 bridgehead atoms. The molecule has 0 aliphatic rings. The molecule has 0 spiro atoms. The van der Waals surface area contributed by atoms with Crippen LogP contribution in [-0.2, 0) is 4.79 Å². The Morgan fingerprint density at radius 2 is 2.06 bits per heavy atom. The molecule has 3 heteroatoms. The van der Waals surface area contributed by atoms with E-state index in [-0.39, 0.29) is 17.9 Å². The summed E-state index contributed by atoms with van der Waals surface area (Å²) in [6.45, 7) is 6.10. The monoisotopic (exact) mass is 246 g/mol. The van der Waals surface area contributed by atoms with E-state index in [1.54, 1.807) is 18.0 Å². The molecule has 0 aliphatic heterocycles. The first-order valence-electron chi connectivity index (χ1n) is 6.22. The lowest BCUT2D eigenvalue weighted by molar-refractivity contribution is -0.133. The largest absolute Gasteiger partial charge is 0.344 e. The van der Waals surface area contributed by atoms with E-state index in [2.05, 4.69) is 6.58 Å². The lowest BCUT2D eigenvalue weighted by atomic mass is 10.0. The molecule has 0 aromatic heterocycles. The molecule has 1 amide bonds. The number of carbonyl (C=O) groups excluding carboxylic acids is 1. The number of allylic oxidation sites excluding steroid dienone is 1. The molecule has 1 aromatic carbocycles. The average Bonchev–Trinajstić information content (AvgIpc) is 2.39. The van der Waals surface area contributed by atoms with Crippen LogP contribution in [0.4, 0.5) is 0 Å². The SMILES string of the molecule is C=CC[C@@H](C)C(=O)N(C)C[C@@H](N)c1ccccc1. The standard InChI is InChI=1S/C15H22N2O/c1-4-8-12(2)15(18)17(3)11-14(16)13-9-6-5-7-10-13/h4-7,9-10,12,14H,1,8,11,16H2,2-3H3/t12-,14-/m1/s1. The van der Waals surface area contributed by atoms with Crippen LogP contribution in [0.3, 0.4) is 0 Å². The first-order valence-corrected chi connectivity index (χ1v) is 6.22. The first kappa shape index (κ1) is 14.5. The van der Waals surface area contributed by atoms with Gasteiger partial charge in [-0.2, -0.15) is 0 Å². The minimum absolute atomic E-state index is 0.0320. The number of hydrogen-bond donors (Lipinski definition) is 1. The summed E-state index contributed by atoms with van der Waals surface area (Å²) in [5.41, 5.74) is 7.14.